The highest BCUT2D eigenvalue weighted by Gasteiger charge is 2.23. The molecule has 17 heavy (non-hydrogen) atoms. The highest BCUT2D eigenvalue weighted by atomic mass is 35.7. The Morgan fingerprint density at radius 3 is 2.41 bits per heavy atom. The Bertz CT molecular complexity index is 578. The largest absolute Gasteiger partial charge is 0.503 e. The zero-order valence-corrected chi connectivity index (χ0v) is 9.53. The lowest BCUT2D eigenvalue weighted by Gasteiger charge is -2.07. The molecule has 0 atom stereocenters. The first-order valence-corrected chi connectivity index (χ1v) is 6.23. The van der Waals surface area contributed by atoms with E-state index in [2.05, 4.69) is 4.74 Å². The SMILES string of the molecule is O=COc1cc(C(=O)O)cc(S(=O)(=O)Cl)c1O. The number of carbonyl (C=O) groups excluding carboxylic acids is 1. The summed E-state index contributed by atoms with van der Waals surface area (Å²) in [5.74, 6) is -3.02. The van der Waals surface area contributed by atoms with Gasteiger partial charge in [0.05, 0.1) is 5.56 Å². The molecular weight excluding hydrogens is 276 g/mol. The fourth-order valence-electron chi connectivity index (χ4n) is 1.03. The molecule has 0 heterocycles. The smallest absolute Gasteiger partial charge is 0.335 e. The van der Waals surface area contributed by atoms with Gasteiger partial charge in [-0.05, 0) is 12.1 Å². The average Bonchev–Trinajstić information content (AvgIpc) is 2.19. The molecule has 0 aliphatic carbocycles. The van der Waals surface area contributed by atoms with Gasteiger partial charge in [0.25, 0.3) is 15.5 Å². The number of aromatic hydroxyl groups is 1. The van der Waals surface area contributed by atoms with Gasteiger partial charge < -0.3 is 14.9 Å². The Morgan fingerprint density at radius 2 is 2.00 bits per heavy atom. The molecule has 0 saturated heterocycles. The molecule has 0 unspecified atom stereocenters. The minimum atomic E-state index is -4.37. The van der Waals surface area contributed by atoms with E-state index in [0.29, 0.717) is 6.07 Å². The molecule has 1 aromatic rings. The molecule has 0 amide bonds. The lowest BCUT2D eigenvalue weighted by molar-refractivity contribution is -0.120. The molecule has 0 spiro atoms. The molecule has 0 bridgehead atoms. The van der Waals surface area contributed by atoms with Crippen LogP contribution >= 0.6 is 10.7 Å². The average molecular weight is 281 g/mol. The van der Waals surface area contributed by atoms with E-state index in [-0.39, 0.29) is 6.47 Å². The summed E-state index contributed by atoms with van der Waals surface area (Å²) < 4.78 is 26.4. The molecule has 0 fully saturated rings. The van der Waals surface area contributed by atoms with Crippen LogP contribution in [0.1, 0.15) is 10.4 Å². The van der Waals surface area contributed by atoms with Crippen molar-refractivity contribution in [2.75, 3.05) is 0 Å². The number of halogens is 1. The van der Waals surface area contributed by atoms with Crippen molar-refractivity contribution in [2.45, 2.75) is 4.90 Å². The third kappa shape index (κ3) is 2.86. The Morgan fingerprint density at radius 1 is 1.41 bits per heavy atom. The summed E-state index contributed by atoms with van der Waals surface area (Å²) in [7, 11) is 0.621. The monoisotopic (exact) mass is 280 g/mol. The van der Waals surface area contributed by atoms with Crippen molar-refractivity contribution < 1.29 is 33.0 Å². The van der Waals surface area contributed by atoms with Gasteiger partial charge in [-0.2, -0.15) is 0 Å². The van der Waals surface area contributed by atoms with Crippen LogP contribution in [-0.2, 0) is 13.8 Å². The second kappa shape index (κ2) is 4.60. The summed E-state index contributed by atoms with van der Waals surface area (Å²) >= 11 is 0. The van der Waals surface area contributed by atoms with E-state index in [9.17, 15) is 23.1 Å². The molecule has 2 N–H and O–H groups in total. The minimum absolute atomic E-state index is 0.0920. The number of benzene rings is 1. The van der Waals surface area contributed by atoms with Crippen LogP contribution in [0.4, 0.5) is 0 Å². The Labute approximate surface area is 99.6 Å². The summed E-state index contributed by atoms with van der Waals surface area (Å²) in [4.78, 5) is 19.9. The van der Waals surface area contributed by atoms with Crippen LogP contribution in [0.3, 0.4) is 0 Å². The van der Waals surface area contributed by atoms with E-state index < -0.39 is 37.0 Å². The van der Waals surface area contributed by atoms with Gasteiger partial charge in [-0.3, -0.25) is 4.79 Å². The lowest BCUT2D eigenvalue weighted by atomic mass is 10.2. The lowest BCUT2D eigenvalue weighted by Crippen LogP contribution is -2.02. The number of carboxylic acids is 1. The maximum atomic E-state index is 11.1. The first-order valence-electron chi connectivity index (χ1n) is 3.92. The van der Waals surface area contributed by atoms with Crippen molar-refractivity contribution in [1.82, 2.24) is 0 Å². The molecule has 0 aliphatic heterocycles. The van der Waals surface area contributed by atoms with Gasteiger partial charge in [-0.25, -0.2) is 13.2 Å². The Kier molecular flexibility index (Phi) is 3.59. The van der Waals surface area contributed by atoms with Gasteiger partial charge in [-0.15, -0.1) is 0 Å². The summed E-state index contributed by atoms with van der Waals surface area (Å²) in [6.45, 7) is -0.0920. The quantitative estimate of drug-likeness (QED) is 0.611. The van der Waals surface area contributed by atoms with Crippen LogP contribution in [0.2, 0.25) is 0 Å². The number of phenolic OH excluding ortho intramolecular Hbond substituents is 1. The molecule has 0 aromatic heterocycles. The second-order valence-corrected chi connectivity index (χ2v) is 5.31. The number of carbonyl (C=O) groups is 2. The van der Waals surface area contributed by atoms with E-state index in [1.807, 2.05) is 0 Å². The van der Waals surface area contributed by atoms with Crippen LogP contribution in [0, 0.1) is 0 Å². The summed E-state index contributed by atoms with van der Waals surface area (Å²) in [5, 5.41) is 18.1. The van der Waals surface area contributed by atoms with E-state index in [0.717, 1.165) is 6.07 Å². The number of hydrogen-bond acceptors (Lipinski definition) is 6. The molecule has 1 rings (SSSR count). The van der Waals surface area contributed by atoms with E-state index in [4.69, 9.17) is 15.8 Å². The van der Waals surface area contributed by atoms with Crippen molar-refractivity contribution in [3.05, 3.63) is 17.7 Å². The Balaban J connectivity index is 3.60. The minimum Gasteiger partial charge on any atom is -0.503 e. The number of ether oxygens (including phenoxy) is 1. The van der Waals surface area contributed by atoms with E-state index in [1.165, 1.54) is 0 Å². The second-order valence-electron chi connectivity index (χ2n) is 2.78. The molecule has 7 nitrogen and oxygen atoms in total. The highest BCUT2D eigenvalue weighted by molar-refractivity contribution is 8.13. The maximum Gasteiger partial charge on any atom is 0.335 e. The van der Waals surface area contributed by atoms with Crippen molar-refractivity contribution in [2.24, 2.45) is 0 Å². The highest BCUT2D eigenvalue weighted by Crippen LogP contribution is 2.36. The molecule has 0 aliphatic rings. The zero-order chi connectivity index (χ0) is 13.2. The molecule has 0 radical (unpaired) electrons. The Hall–Kier alpha value is -1.80. The fraction of sp³-hybridized carbons (Fsp3) is 0. The van der Waals surface area contributed by atoms with E-state index in [1.54, 1.807) is 0 Å². The van der Waals surface area contributed by atoms with Gasteiger partial charge in [0.15, 0.2) is 11.5 Å². The predicted molar refractivity (Wildman–Crippen MR) is 54.8 cm³/mol. The molecular formula is C8H5ClO7S. The molecule has 9 heteroatoms. The third-order valence-corrected chi connectivity index (χ3v) is 3.06. The number of hydrogen-bond donors (Lipinski definition) is 2. The number of rotatable bonds is 4. The van der Waals surface area contributed by atoms with Gasteiger partial charge in [-0.1, -0.05) is 0 Å². The van der Waals surface area contributed by atoms with Gasteiger partial charge in [0.1, 0.15) is 4.90 Å². The van der Waals surface area contributed by atoms with Crippen molar-refractivity contribution in [3.63, 3.8) is 0 Å². The number of aromatic carboxylic acids is 1. The molecule has 92 valence electrons. The van der Waals surface area contributed by atoms with Crippen LogP contribution < -0.4 is 4.74 Å². The van der Waals surface area contributed by atoms with Gasteiger partial charge in [0, 0.05) is 10.7 Å². The summed E-state index contributed by atoms with van der Waals surface area (Å²) in [5.41, 5.74) is -0.501. The van der Waals surface area contributed by atoms with Crippen LogP contribution in [-0.4, -0.2) is 31.1 Å². The molecule has 1 aromatic carbocycles. The number of carboxylic acid groups (broad SMARTS) is 1. The molecule has 0 saturated carbocycles. The maximum absolute atomic E-state index is 11.1. The third-order valence-electron chi connectivity index (χ3n) is 1.72. The summed E-state index contributed by atoms with van der Waals surface area (Å²) in [6.07, 6.45) is 0. The first-order chi connectivity index (χ1) is 7.77. The van der Waals surface area contributed by atoms with Crippen LogP contribution in [0.25, 0.3) is 0 Å². The predicted octanol–water partition coefficient (Wildman–Crippen LogP) is 0.553. The summed E-state index contributed by atoms with van der Waals surface area (Å²) in [6, 6.07) is 1.44. The fourth-order valence-corrected chi connectivity index (χ4v) is 1.99. The topological polar surface area (TPSA) is 118 Å². The zero-order valence-electron chi connectivity index (χ0n) is 7.95. The standard InChI is InChI=1S/C8H5ClO7S/c9-17(14,15)6-2-4(8(12)13)1-5(7(6)11)16-3-10/h1-3,11H,(H,12,13). The number of phenols is 1. The van der Waals surface area contributed by atoms with Gasteiger partial charge >= 0.3 is 5.97 Å². The first kappa shape index (κ1) is 13.3. The van der Waals surface area contributed by atoms with Gasteiger partial charge in [0.2, 0.25) is 0 Å². The normalized spacial score (nSPS) is 10.9. The van der Waals surface area contributed by atoms with Crippen molar-refractivity contribution >= 4 is 32.2 Å². The van der Waals surface area contributed by atoms with Crippen LogP contribution in [0.15, 0.2) is 17.0 Å². The van der Waals surface area contributed by atoms with Crippen molar-refractivity contribution in [3.8, 4) is 11.5 Å². The van der Waals surface area contributed by atoms with Crippen molar-refractivity contribution in [1.29, 1.82) is 0 Å². The van der Waals surface area contributed by atoms with Crippen LogP contribution in [0.5, 0.6) is 11.5 Å². The van der Waals surface area contributed by atoms with E-state index >= 15 is 0 Å².